The van der Waals surface area contributed by atoms with Crippen LogP contribution in [-0.2, 0) is 21.1 Å². The molecule has 1 aromatic carbocycles. The van der Waals surface area contributed by atoms with E-state index in [0.29, 0.717) is 44.3 Å². The van der Waals surface area contributed by atoms with Gasteiger partial charge in [-0.25, -0.2) is 13.4 Å². The SMILES string of the molecule is N#CC1(NC(=O)C2CCCCC2c2oc(CC(F)(F)F)nc2-c2ccc(N3CCS(=O)(=O)CC3)cc2)CC1. The fourth-order valence-electron chi connectivity index (χ4n) is 5.36. The van der Waals surface area contributed by atoms with Crippen LogP contribution in [0.15, 0.2) is 28.7 Å². The zero-order valence-electron chi connectivity index (χ0n) is 20.8. The molecule has 3 aliphatic rings. The fraction of sp³-hybridized carbons (Fsp3) is 0.577. The van der Waals surface area contributed by atoms with Crippen molar-refractivity contribution in [2.24, 2.45) is 5.92 Å². The molecule has 0 radical (unpaired) electrons. The lowest BCUT2D eigenvalue weighted by molar-refractivity contribution is -0.131. The molecule has 38 heavy (non-hydrogen) atoms. The monoisotopic (exact) mass is 550 g/mol. The Hall–Kier alpha value is -3.07. The van der Waals surface area contributed by atoms with Crippen molar-refractivity contribution >= 4 is 21.4 Å². The number of hydrogen-bond acceptors (Lipinski definition) is 7. The Morgan fingerprint density at radius 2 is 1.82 bits per heavy atom. The number of benzene rings is 1. The molecule has 204 valence electrons. The molecule has 1 amide bonds. The Morgan fingerprint density at radius 1 is 1.16 bits per heavy atom. The van der Waals surface area contributed by atoms with Gasteiger partial charge in [0, 0.05) is 36.2 Å². The van der Waals surface area contributed by atoms with E-state index in [4.69, 9.17) is 4.42 Å². The first-order valence-electron chi connectivity index (χ1n) is 12.8. The second kappa shape index (κ2) is 9.91. The zero-order chi connectivity index (χ0) is 27.1. The average molecular weight is 551 g/mol. The van der Waals surface area contributed by atoms with Gasteiger partial charge in [0.25, 0.3) is 0 Å². The lowest BCUT2D eigenvalue weighted by atomic mass is 9.76. The summed E-state index contributed by atoms with van der Waals surface area (Å²) in [6.45, 7) is 0.741. The number of carbonyl (C=O) groups excluding carboxylic acids is 1. The van der Waals surface area contributed by atoms with Gasteiger partial charge in [-0.15, -0.1) is 0 Å². The van der Waals surface area contributed by atoms with Gasteiger partial charge >= 0.3 is 6.18 Å². The van der Waals surface area contributed by atoms with E-state index in [0.717, 1.165) is 18.5 Å². The van der Waals surface area contributed by atoms with Crippen LogP contribution in [0.1, 0.15) is 56.1 Å². The van der Waals surface area contributed by atoms with E-state index in [1.807, 2.05) is 4.90 Å². The van der Waals surface area contributed by atoms with E-state index in [2.05, 4.69) is 16.4 Å². The van der Waals surface area contributed by atoms with E-state index in [1.54, 1.807) is 24.3 Å². The molecule has 8 nitrogen and oxygen atoms in total. The number of aromatic nitrogens is 1. The third kappa shape index (κ3) is 5.82. The number of carbonyl (C=O) groups is 1. The average Bonchev–Trinajstić information content (AvgIpc) is 3.53. The molecular formula is C26H29F3N4O4S. The molecule has 3 fully saturated rings. The van der Waals surface area contributed by atoms with Crippen molar-refractivity contribution in [2.75, 3.05) is 29.5 Å². The summed E-state index contributed by atoms with van der Waals surface area (Å²) in [5.41, 5.74) is 0.813. The molecule has 12 heteroatoms. The van der Waals surface area contributed by atoms with Gasteiger partial charge in [-0.05, 0) is 37.8 Å². The third-order valence-electron chi connectivity index (χ3n) is 7.67. The highest BCUT2D eigenvalue weighted by molar-refractivity contribution is 7.91. The maximum Gasteiger partial charge on any atom is 0.397 e. The first kappa shape index (κ1) is 26.5. The number of alkyl halides is 3. The first-order chi connectivity index (χ1) is 18.0. The maximum absolute atomic E-state index is 13.2. The van der Waals surface area contributed by atoms with Crippen LogP contribution >= 0.6 is 0 Å². The van der Waals surface area contributed by atoms with Gasteiger partial charge in [-0.2, -0.15) is 18.4 Å². The Morgan fingerprint density at radius 3 is 2.42 bits per heavy atom. The number of halogens is 3. The molecule has 2 aromatic rings. The molecule has 2 saturated carbocycles. The second-order valence-electron chi connectivity index (χ2n) is 10.5. The Balaban J connectivity index is 1.45. The van der Waals surface area contributed by atoms with Gasteiger partial charge in [-0.3, -0.25) is 4.79 Å². The topological polar surface area (TPSA) is 116 Å². The predicted molar refractivity (Wildman–Crippen MR) is 133 cm³/mol. The summed E-state index contributed by atoms with van der Waals surface area (Å²) >= 11 is 0. The van der Waals surface area contributed by atoms with Gasteiger partial charge in [0.05, 0.1) is 17.6 Å². The third-order valence-corrected chi connectivity index (χ3v) is 9.27. The summed E-state index contributed by atoms with van der Waals surface area (Å²) in [6, 6.07) is 9.22. The lowest BCUT2D eigenvalue weighted by Crippen LogP contribution is -2.42. The van der Waals surface area contributed by atoms with Crippen LogP contribution in [0.5, 0.6) is 0 Å². The minimum absolute atomic E-state index is 0.0706. The number of rotatable bonds is 6. The molecule has 0 spiro atoms. The van der Waals surface area contributed by atoms with Gasteiger partial charge in [0.15, 0.2) is 9.84 Å². The van der Waals surface area contributed by atoms with E-state index in [-0.39, 0.29) is 28.9 Å². The van der Waals surface area contributed by atoms with Crippen molar-refractivity contribution in [1.29, 1.82) is 5.26 Å². The summed E-state index contributed by atoms with van der Waals surface area (Å²) in [4.78, 5) is 19.4. The Labute approximate surface area is 219 Å². The smallest absolute Gasteiger partial charge is 0.397 e. The van der Waals surface area contributed by atoms with Crippen molar-refractivity contribution in [1.82, 2.24) is 10.3 Å². The molecule has 1 N–H and O–H groups in total. The van der Waals surface area contributed by atoms with E-state index in [9.17, 15) is 31.6 Å². The van der Waals surface area contributed by atoms with E-state index < -0.39 is 45.7 Å². The minimum atomic E-state index is -4.51. The Kier molecular flexibility index (Phi) is 6.92. The van der Waals surface area contributed by atoms with Crippen LogP contribution in [0.25, 0.3) is 11.3 Å². The number of anilines is 1. The summed E-state index contributed by atoms with van der Waals surface area (Å²) < 4.78 is 69.0. The molecule has 0 bridgehead atoms. The van der Waals surface area contributed by atoms with Crippen LogP contribution in [0, 0.1) is 17.2 Å². The standard InChI is InChI=1S/C26H29F3N4O4S/c27-26(28,29)15-21-31-22(17-5-7-18(8-6-17)33-11-13-38(35,36)14-12-33)23(37-21)19-3-1-2-4-20(19)24(34)32-25(16-30)9-10-25/h5-8,19-20H,1-4,9-15H2,(H,32,34). The van der Waals surface area contributed by atoms with Crippen molar-refractivity contribution in [3.05, 3.63) is 35.9 Å². The molecule has 1 saturated heterocycles. The molecule has 2 atom stereocenters. The minimum Gasteiger partial charge on any atom is -0.444 e. The molecule has 2 heterocycles. The molecule has 1 aromatic heterocycles. The second-order valence-corrected chi connectivity index (χ2v) is 12.8. The summed E-state index contributed by atoms with van der Waals surface area (Å²) in [6.07, 6.45) is -1.95. The number of nitriles is 1. The normalized spacial score (nSPS) is 24.4. The highest BCUT2D eigenvalue weighted by Crippen LogP contribution is 2.44. The predicted octanol–water partition coefficient (Wildman–Crippen LogP) is 4.13. The molecule has 5 rings (SSSR count). The van der Waals surface area contributed by atoms with Crippen LogP contribution in [0.4, 0.5) is 18.9 Å². The Bertz CT molecular complexity index is 1330. The van der Waals surface area contributed by atoms with Crippen LogP contribution in [0.3, 0.4) is 0 Å². The summed E-state index contributed by atoms with van der Waals surface area (Å²) in [5.74, 6) is -1.31. The highest BCUT2D eigenvalue weighted by Gasteiger charge is 2.47. The number of sulfone groups is 1. The summed E-state index contributed by atoms with van der Waals surface area (Å²) in [7, 11) is -3.03. The lowest BCUT2D eigenvalue weighted by Gasteiger charge is -2.30. The van der Waals surface area contributed by atoms with Crippen LogP contribution < -0.4 is 10.2 Å². The van der Waals surface area contributed by atoms with Gasteiger partial charge in [0.2, 0.25) is 11.8 Å². The molecule has 1 aliphatic heterocycles. The fourth-order valence-corrected chi connectivity index (χ4v) is 6.56. The van der Waals surface area contributed by atoms with Crippen LogP contribution in [0.2, 0.25) is 0 Å². The zero-order valence-corrected chi connectivity index (χ0v) is 21.6. The van der Waals surface area contributed by atoms with Crippen molar-refractivity contribution in [3.8, 4) is 17.3 Å². The number of nitrogens with zero attached hydrogens (tertiary/aromatic N) is 3. The quantitative estimate of drug-likeness (QED) is 0.575. The number of oxazole rings is 1. The molecule has 2 aliphatic carbocycles. The molecule has 2 unspecified atom stereocenters. The number of nitrogens with one attached hydrogen (secondary N) is 1. The maximum atomic E-state index is 13.2. The van der Waals surface area contributed by atoms with Crippen molar-refractivity contribution in [3.63, 3.8) is 0 Å². The number of hydrogen-bond donors (Lipinski definition) is 1. The van der Waals surface area contributed by atoms with E-state index >= 15 is 0 Å². The first-order valence-corrected chi connectivity index (χ1v) is 14.7. The van der Waals surface area contributed by atoms with Gasteiger partial charge < -0.3 is 14.6 Å². The molecular weight excluding hydrogens is 521 g/mol. The van der Waals surface area contributed by atoms with Crippen molar-refractivity contribution in [2.45, 2.75) is 62.6 Å². The summed E-state index contributed by atoms with van der Waals surface area (Å²) in [5, 5.41) is 12.3. The van der Waals surface area contributed by atoms with Crippen LogP contribution in [-0.4, -0.2) is 55.6 Å². The van der Waals surface area contributed by atoms with Crippen molar-refractivity contribution < 1.29 is 30.8 Å². The van der Waals surface area contributed by atoms with E-state index in [1.165, 1.54) is 0 Å². The van der Waals surface area contributed by atoms with Gasteiger partial charge in [0.1, 0.15) is 23.4 Å². The van der Waals surface area contributed by atoms with Gasteiger partial charge in [-0.1, -0.05) is 25.0 Å². The largest absolute Gasteiger partial charge is 0.444 e. The highest BCUT2D eigenvalue weighted by atomic mass is 32.2. The number of amides is 1.